The van der Waals surface area contributed by atoms with Crippen molar-refractivity contribution in [1.82, 2.24) is 9.55 Å². The predicted molar refractivity (Wildman–Crippen MR) is 132 cm³/mol. The minimum absolute atomic E-state index is 0.0219. The molecule has 32 heavy (non-hydrogen) atoms. The first-order chi connectivity index (χ1) is 14.9. The first-order valence-corrected chi connectivity index (χ1v) is 16.7. The Hall–Kier alpha value is -0.656. The Bertz CT molecular complexity index is 906. The van der Waals surface area contributed by atoms with Gasteiger partial charge in [-0.2, -0.15) is 4.98 Å². The second-order valence-corrected chi connectivity index (χ2v) is 20.8. The van der Waals surface area contributed by atoms with E-state index in [9.17, 15) is 4.79 Å². The smallest absolute Gasteiger partial charge is 0.335 e. The summed E-state index contributed by atoms with van der Waals surface area (Å²) in [5.74, 6) is 0. The second kappa shape index (κ2) is 8.53. The van der Waals surface area contributed by atoms with Gasteiger partial charge in [-0.15, -0.1) is 11.8 Å². The Balaban J connectivity index is 1.77. The number of aromatic nitrogens is 2. The molecule has 0 radical (unpaired) electrons. The minimum Gasteiger partial charge on any atom is -0.455 e. The average molecular weight is 499 g/mol. The van der Waals surface area contributed by atoms with Crippen molar-refractivity contribution in [3.63, 3.8) is 0 Å². The highest BCUT2D eigenvalue weighted by Crippen LogP contribution is 2.54. The van der Waals surface area contributed by atoms with Crippen molar-refractivity contribution in [3.05, 3.63) is 22.1 Å². The van der Waals surface area contributed by atoms with Crippen molar-refractivity contribution in [2.24, 2.45) is 0 Å². The summed E-state index contributed by atoms with van der Waals surface area (Å²) in [5, 5.41) is 0.171. The van der Waals surface area contributed by atoms with E-state index >= 15 is 0 Å². The van der Waals surface area contributed by atoms with Crippen LogP contribution in [0.1, 0.15) is 66.3 Å². The van der Waals surface area contributed by atoms with Crippen LogP contribution in [0.2, 0.25) is 22.2 Å². The highest BCUT2D eigenvalue weighted by atomic mass is 32.2. The van der Waals surface area contributed by atoms with E-state index in [-0.39, 0.29) is 39.5 Å². The van der Waals surface area contributed by atoms with Gasteiger partial charge in [0.2, 0.25) is 0 Å². The molecule has 10 heteroatoms. The molecular weight excluding hydrogens is 460 g/mol. The van der Waals surface area contributed by atoms with Crippen LogP contribution in [-0.2, 0) is 13.0 Å². The molecule has 0 amide bonds. The maximum atomic E-state index is 12.1. The van der Waals surface area contributed by atoms with Gasteiger partial charge in [0.1, 0.15) is 11.5 Å². The molecule has 2 fully saturated rings. The van der Waals surface area contributed by atoms with Gasteiger partial charge in [-0.3, -0.25) is 9.36 Å². The summed E-state index contributed by atoms with van der Waals surface area (Å²) >= 11 is 1.83. The molecule has 0 aromatic carbocycles. The number of hydrogen-bond acceptors (Lipinski definition) is 7. The maximum Gasteiger partial charge on any atom is 0.335 e. The number of aryl methyl sites for hydroxylation is 1. The fraction of sp³-hybridized carbons (Fsp3) is 0.818. The van der Waals surface area contributed by atoms with Crippen LogP contribution in [0.4, 0.5) is 0 Å². The Labute approximate surface area is 198 Å². The number of fused-ring (bicyclic) bond motifs is 5. The largest absolute Gasteiger partial charge is 0.455 e. The second-order valence-electron chi connectivity index (χ2n) is 10.6. The Morgan fingerprint density at radius 3 is 2.16 bits per heavy atom. The van der Waals surface area contributed by atoms with Gasteiger partial charge < -0.3 is 17.7 Å². The van der Waals surface area contributed by atoms with E-state index in [1.165, 1.54) is 0 Å². The van der Waals surface area contributed by atoms with E-state index in [0.29, 0.717) is 29.3 Å². The Morgan fingerprint density at radius 1 is 1.00 bits per heavy atom. The van der Waals surface area contributed by atoms with Crippen LogP contribution in [0.25, 0.3) is 0 Å². The lowest BCUT2D eigenvalue weighted by Gasteiger charge is -2.51. The van der Waals surface area contributed by atoms with Gasteiger partial charge in [0.25, 0.3) is 5.56 Å². The third-order valence-electron chi connectivity index (χ3n) is 7.22. The number of thioether (sulfide) groups is 1. The van der Waals surface area contributed by atoms with Crippen molar-refractivity contribution in [1.29, 1.82) is 0 Å². The van der Waals surface area contributed by atoms with Crippen LogP contribution in [0.3, 0.4) is 0 Å². The standard InChI is InChI=1S/C22H38N2O5SSi2/c1-12(2)31(13(3)4)26-11-17-18(28-32(29-31,14(5)6)15(7)8)19-21(30-17)24-10-16(9)20(25)23-22(24)27-19/h10,12-15,17-19,21H,11H2,1-9H3/t17-,18-,19+,21-/m1/s1. The summed E-state index contributed by atoms with van der Waals surface area (Å²) in [7, 11) is -5.24. The number of nitrogens with zero attached hydrogens (tertiary/aromatic N) is 2. The molecule has 180 valence electrons. The first kappa shape index (κ1) is 24.5. The van der Waals surface area contributed by atoms with Crippen molar-refractivity contribution >= 4 is 28.9 Å². The molecule has 1 aromatic heterocycles. The molecule has 4 atom stereocenters. The molecule has 4 heterocycles. The van der Waals surface area contributed by atoms with Gasteiger partial charge in [-0.1, -0.05) is 55.4 Å². The molecule has 3 aliphatic rings. The molecule has 2 saturated heterocycles. The molecule has 0 unspecified atom stereocenters. The van der Waals surface area contributed by atoms with E-state index in [4.69, 9.17) is 17.7 Å². The molecule has 1 aromatic rings. The van der Waals surface area contributed by atoms with Crippen LogP contribution in [0.15, 0.2) is 11.0 Å². The number of hydrogen-bond donors (Lipinski definition) is 0. The number of rotatable bonds is 4. The predicted octanol–water partition coefficient (Wildman–Crippen LogP) is 4.88. The molecule has 0 aliphatic carbocycles. The van der Waals surface area contributed by atoms with Crippen molar-refractivity contribution < 1.29 is 17.7 Å². The third kappa shape index (κ3) is 3.65. The van der Waals surface area contributed by atoms with Crippen LogP contribution in [0.5, 0.6) is 6.01 Å². The summed E-state index contributed by atoms with van der Waals surface area (Å²) in [6, 6.07) is 0.392. The van der Waals surface area contributed by atoms with E-state index in [2.05, 4.69) is 60.4 Å². The van der Waals surface area contributed by atoms with Gasteiger partial charge >= 0.3 is 23.1 Å². The van der Waals surface area contributed by atoms with E-state index in [1.807, 2.05) is 22.5 Å². The molecule has 7 nitrogen and oxygen atoms in total. The average Bonchev–Trinajstić information content (AvgIpc) is 3.17. The molecule has 0 bridgehead atoms. The summed E-state index contributed by atoms with van der Waals surface area (Å²) in [4.78, 5) is 16.3. The van der Waals surface area contributed by atoms with Gasteiger partial charge in [-0.05, 0) is 29.1 Å². The van der Waals surface area contributed by atoms with Crippen molar-refractivity contribution in [2.75, 3.05) is 6.61 Å². The highest BCUT2D eigenvalue weighted by molar-refractivity contribution is 8.00. The van der Waals surface area contributed by atoms with Crippen molar-refractivity contribution in [2.45, 2.75) is 107 Å². The highest BCUT2D eigenvalue weighted by Gasteiger charge is 2.63. The molecule has 0 saturated carbocycles. The SMILES string of the molecule is Cc1cn2c(nc1=O)O[C@H]1[C@@H]3O[Si](C(C)C)(C(C)C)O[Si](C(C)C)(C(C)C)OC[C@H]3S[C@H]12. The monoisotopic (exact) mass is 498 g/mol. The van der Waals surface area contributed by atoms with E-state index < -0.39 is 17.1 Å². The van der Waals surface area contributed by atoms with Gasteiger partial charge in [0, 0.05) is 11.8 Å². The molecule has 0 N–H and O–H groups in total. The quantitative estimate of drug-likeness (QED) is 0.548. The third-order valence-corrected chi connectivity index (χ3v) is 19.0. The molecule has 3 aliphatic heterocycles. The fourth-order valence-corrected chi connectivity index (χ4v) is 18.4. The Morgan fingerprint density at radius 2 is 1.59 bits per heavy atom. The van der Waals surface area contributed by atoms with Gasteiger partial charge in [0.05, 0.1) is 11.9 Å². The zero-order chi connectivity index (χ0) is 23.6. The minimum atomic E-state index is -2.70. The van der Waals surface area contributed by atoms with Gasteiger partial charge in [0.15, 0.2) is 6.10 Å². The Kier molecular flexibility index (Phi) is 6.52. The molecule has 4 rings (SSSR count). The molecular formula is C22H38N2O5SSi2. The number of ether oxygens (including phenoxy) is 1. The maximum absolute atomic E-state index is 12.1. The zero-order valence-electron chi connectivity index (χ0n) is 20.7. The van der Waals surface area contributed by atoms with Crippen molar-refractivity contribution in [3.8, 4) is 6.01 Å². The molecule has 0 spiro atoms. The normalized spacial score (nSPS) is 30.8. The van der Waals surface area contributed by atoms with E-state index in [0.717, 1.165) is 0 Å². The fourth-order valence-electron chi connectivity index (χ4n) is 5.42. The topological polar surface area (TPSA) is 71.8 Å². The van der Waals surface area contributed by atoms with Gasteiger partial charge in [-0.25, -0.2) is 0 Å². The summed E-state index contributed by atoms with van der Waals surface area (Å²) < 4.78 is 29.6. The lowest BCUT2D eigenvalue weighted by Crippen LogP contribution is -2.65. The van der Waals surface area contributed by atoms with Crippen LogP contribution in [-0.4, -0.2) is 50.7 Å². The lowest BCUT2D eigenvalue weighted by molar-refractivity contribution is 0.0151. The zero-order valence-corrected chi connectivity index (χ0v) is 23.6. The lowest BCUT2D eigenvalue weighted by atomic mass is 10.1. The first-order valence-electron chi connectivity index (χ1n) is 11.9. The summed E-state index contributed by atoms with van der Waals surface area (Å²) in [5.41, 5.74) is 1.58. The summed E-state index contributed by atoms with van der Waals surface area (Å²) in [6.07, 6.45) is 1.50. The van der Waals surface area contributed by atoms with Crippen LogP contribution in [0, 0.1) is 6.92 Å². The van der Waals surface area contributed by atoms with E-state index in [1.54, 1.807) is 6.92 Å². The van der Waals surface area contributed by atoms with Crippen LogP contribution >= 0.6 is 11.8 Å². The summed E-state index contributed by atoms with van der Waals surface area (Å²) in [6.45, 7) is 20.3. The van der Waals surface area contributed by atoms with Crippen LogP contribution < -0.4 is 10.3 Å².